The van der Waals surface area contributed by atoms with Crippen molar-refractivity contribution >= 4 is 22.4 Å². The summed E-state index contributed by atoms with van der Waals surface area (Å²) in [6, 6.07) is 17.0. The molecule has 6 rings (SSSR count). The van der Waals surface area contributed by atoms with Gasteiger partial charge in [-0.15, -0.1) is 0 Å². The number of hydrogen-bond donors (Lipinski definition) is 2. The summed E-state index contributed by atoms with van der Waals surface area (Å²) in [5.74, 6) is 0.958. The molecule has 4 aromatic rings. The van der Waals surface area contributed by atoms with Crippen molar-refractivity contribution in [3.63, 3.8) is 0 Å². The maximum atomic E-state index is 13.5. The average molecular weight is 412 g/mol. The Morgan fingerprint density at radius 1 is 0.935 bits per heavy atom. The van der Waals surface area contributed by atoms with Crippen LogP contribution in [0.5, 0.6) is 17.2 Å². The number of aromatic amines is 1. The Morgan fingerprint density at radius 2 is 1.65 bits per heavy atom. The van der Waals surface area contributed by atoms with Crippen LogP contribution in [-0.4, -0.2) is 42.2 Å². The van der Waals surface area contributed by atoms with E-state index in [0.717, 1.165) is 11.1 Å². The van der Waals surface area contributed by atoms with E-state index >= 15 is 0 Å². The van der Waals surface area contributed by atoms with Gasteiger partial charge in [0.05, 0.1) is 24.3 Å². The van der Waals surface area contributed by atoms with Crippen molar-refractivity contribution in [3.8, 4) is 28.4 Å². The van der Waals surface area contributed by atoms with Gasteiger partial charge in [-0.1, -0.05) is 42.5 Å². The van der Waals surface area contributed by atoms with Crippen LogP contribution in [0.15, 0.2) is 60.8 Å². The van der Waals surface area contributed by atoms with Gasteiger partial charge in [0, 0.05) is 35.8 Å². The molecule has 1 saturated heterocycles. The zero-order valence-electron chi connectivity index (χ0n) is 16.7. The topological polar surface area (TPSA) is 74.8 Å². The van der Waals surface area contributed by atoms with Crippen LogP contribution >= 0.6 is 0 Å². The molecule has 154 valence electrons. The summed E-state index contributed by atoms with van der Waals surface area (Å²) in [7, 11) is 0. The van der Waals surface area contributed by atoms with Gasteiger partial charge in [-0.05, 0) is 17.7 Å². The molecule has 0 spiro atoms. The number of anilines is 1. The second-order valence-electron chi connectivity index (χ2n) is 7.74. The number of carbonyl (C=O) groups is 1. The van der Waals surface area contributed by atoms with Crippen molar-refractivity contribution in [1.82, 2.24) is 4.98 Å². The van der Waals surface area contributed by atoms with Crippen LogP contribution in [0.4, 0.5) is 5.69 Å². The molecule has 0 bridgehead atoms. The largest absolute Gasteiger partial charge is 0.505 e. The minimum atomic E-state index is -0.175. The summed E-state index contributed by atoms with van der Waals surface area (Å²) >= 11 is 0. The van der Waals surface area contributed by atoms with Crippen LogP contribution in [0.2, 0.25) is 0 Å². The molecule has 1 fully saturated rings. The third kappa shape index (κ3) is 2.65. The van der Waals surface area contributed by atoms with E-state index in [1.165, 1.54) is 0 Å². The van der Waals surface area contributed by atoms with E-state index in [-0.39, 0.29) is 11.5 Å². The zero-order chi connectivity index (χ0) is 20.9. The molecule has 31 heavy (non-hydrogen) atoms. The number of H-pyrrole nitrogens is 1. The SMILES string of the molecule is O=C1c2ccccc2-c2c[nH]c3c(Oc4ccccc4)c(N4CCOCC4)c(O)c1c23. The molecule has 0 unspecified atom stereocenters. The molecule has 2 heterocycles. The van der Waals surface area contributed by atoms with E-state index in [9.17, 15) is 9.90 Å². The van der Waals surface area contributed by atoms with Crippen LogP contribution in [0.1, 0.15) is 15.9 Å². The van der Waals surface area contributed by atoms with Crippen molar-refractivity contribution in [2.24, 2.45) is 0 Å². The van der Waals surface area contributed by atoms with E-state index in [1.54, 1.807) is 0 Å². The highest BCUT2D eigenvalue weighted by Crippen LogP contribution is 2.53. The number of para-hydroxylation sites is 1. The maximum absolute atomic E-state index is 13.5. The molecular formula is C25H20N2O4. The summed E-state index contributed by atoms with van der Waals surface area (Å²) in [5.41, 5.74) is 3.90. The number of morpholine rings is 1. The van der Waals surface area contributed by atoms with Gasteiger partial charge in [0.2, 0.25) is 0 Å². The number of aromatic hydroxyl groups is 1. The lowest BCUT2D eigenvalue weighted by molar-refractivity contribution is 0.103. The number of nitrogens with one attached hydrogen (secondary N) is 1. The third-order valence-corrected chi connectivity index (χ3v) is 6.01. The Balaban J connectivity index is 1.67. The number of phenols is 1. The number of fused-ring (bicyclic) bond motifs is 2. The standard InChI is InChI=1S/C25H20N2O4/c28-23-17-9-5-4-8-16(17)18-14-26-21-19(18)20(23)24(29)22(27-10-12-30-13-11-27)25(21)31-15-6-2-1-3-7-15/h1-9,14,26,29H,10-13H2. The van der Waals surface area contributed by atoms with E-state index in [1.807, 2.05) is 65.7 Å². The highest BCUT2D eigenvalue weighted by Gasteiger charge is 2.35. The predicted octanol–water partition coefficient (Wildman–Crippen LogP) is 4.71. The number of nitrogens with zero attached hydrogens (tertiary/aromatic N) is 1. The van der Waals surface area contributed by atoms with E-state index in [2.05, 4.69) is 4.98 Å². The first-order valence-corrected chi connectivity index (χ1v) is 10.3. The second kappa shape index (κ2) is 6.89. The van der Waals surface area contributed by atoms with Gasteiger partial charge in [0.1, 0.15) is 11.4 Å². The lowest BCUT2D eigenvalue weighted by atomic mass is 9.84. The highest BCUT2D eigenvalue weighted by atomic mass is 16.5. The normalized spacial score (nSPS) is 15.2. The molecule has 0 atom stereocenters. The molecule has 6 nitrogen and oxygen atoms in total. The number of hydrogen-bond acceptors (Lipinski definition) is 5. The average Bonchev–Trinajstić information content (AvgIpc) is 3.25. The molecule has 2 N–H and O–H groups in total. The number of ether oxygens (including phenoxy) is 2. The Bertz CT molecular complexity index is 1320. The van der Waals surface area contributed by atoms with Crippen LogP contribution in [0.3, 0.4) is 0 Å². The Morgan fingerprint density at radius 3 is 2.42 bits per heavy atom. The lowest BCUT2D eigenvalue weighted by Gasteiger charge is -2.32. The molecule has 1 aromatic heterocycles. The molecule has 1 aliphatic carbocycles. The van der Waals surface area contributed by atoms with E-state index in [0.29, 0.717) is 65.5 Å². The predicted molar refractivity (Wildman–Crippen MR) is 118 cm³/mol. The van der Waals surface area contributed by atoms with Crippen molar-refractivity contribution in [1.29, 1.82) is 0 Å². The Hall–Kier alpha value is -3.77. The summed E-state index contributed by atoms with van der Waals surface area (Å²) in [6.45, 7) is 2.29. The minimum Gasteiger partial charge on any atom is -0.505 e. The molecule has 0 amide bonds. The summed E-state index contributed by atoms with van der Waals surface area (Å²) in [6.07, 6.45) is 1.89. The second-order valence-corrected chi connectivity index (χ2v) is 7.74. The van der Waals surface area contributed by atoms with Gasteiger partial charge in [-0.25, -0.2) is 0 Å². The summed E-state index contributed by atoms with van der Waals surface area (Å²) in [4.78, 5) is 18.8. The molecule has 0 radical (unpaired) electrons. The van der Waals surface area contributed by atoms with Crippen molar-refractivity contribution in [3.05, 3.63) is 71.9 Å². The number of ketones is 1. The smallest absolute Gasteiger partial charge is 0.198 e. The third-order valence-electron chi connectivity index (χ3n) is 6.01. The van der Waals surface area contributed by atoms with Gasteiger partial charge in [-0.3, -0.25) is 4.79 Å². The maximum Gasteiger partial charge on any atom is 0.198 e. The molecule has 1 aliphatic heterocycles. The fourth-order valence-corrected chi connectivity index (χ4v) is 4.60. The van der Waals surface area contributed by atoms with Crippen LogP contribution in [-0.2, 0) is 4.74 Å². The van der Waals surface area contributed by atoms with E-state index in [4.69, 9.17) is 9.47 Å². The van der Waals surface area contributed by atoms with Crippen LogP contribution in [0, 0.1) is 0 Å². The van der Waals surface area contributed by atoms with Crippen molar-refractivity contribution in [2.75, 3.05) is 31.2 Å². The Kier molecular flexibility index (Phi) is 4.01. The van der Waals surface area contributed by atoms with Crippen LogP contribution in [0.25, 0.3) is 22.0 Å². The zero-order valence-corrected chi connectivity index (χ0v) is 16.7. The van der Waals surface area contributed by atoms with Gasteiger partial charge < -0.3 is 24.5 Å². The van der Waals surface area contributed by atoms with Gasteiger partial charge in [0.15, 0.2) is 17.3 Å². The number of rotatable bonds is 3. The first kappa shape index (κ1) is 18.0. The molecule has 3 aromatic carbocycles. The Labute approximate surface area is 178 Å². The molecule has 0 saturated carbocycles. The summed E-state index contributed by atoms with van der Waals surface area (Å²) in [5, 5.41) is 12.2. The van der Waals surface area contributed by atoms with Gasteiger partial charge in [-0.2, -0.15) is 0 Å². The van der Waals surface area contributed by atoms with Gasteiger partial charge in [0.25, 0.3) is 0 Å². The minimum absolute atomic E-state index is 0.0410. The molecule has 6 heteroatoms. The summed E-state index contributed by atoms with van der Waals surface area (Å²) < 4.78 is 11.8. The lowest BCUT2D eigenvalue weighted by Crippen LogP contribution is -2.36. The first-order chi connectivity index (χ1) is 15.2. The van der Waals surface area contributed by atoms with E-state index < -0.39 is 0 Å². The van der Waals surface area contributed by atoms with Crippen molar-refractivity contribution < 1.29 is 19.4 Å². The number of carbonyl (C=O) groups excluding carboxylic acids is 1. The van der Waals surface area contributed by atoms with Gasteiger partial charge >= 0.3 is 0 Å². The fraction of sp³-hybridized carbons (Fsp3) is 0.160. The number of aromatic nitrogens is 1. The number of phenolic OH excluding ortho intramolecular Hbond substituents is 1. The van der Waals surface area contributed by atoms with Crippen LogP contribution < -0.4 is 9.64 Å². The fourth-order valence-electron chi connectivity index (χ4n) is 4.60. The highest BCUT2D eigenvalue weighted by molar-refractivity contribution is 6.29. The molecular weight excluding hydrogens is 392 g/mol. The quantitative estimate of drug-likeness (QED) is 0.449. The molecule has 2 aliphatic rings. The van der Waals surface area contributed by atoms with Crippen molar-refractivity contribution in [2.45, 2.75) is 0 Å². The number of benzene rings is 3. The monoisotopic (exact) mass is 412 g/mol. The first-order valence-electron chi connectivity index (χ1n) is 10.3.